The predicted octanol–water partition coefficient (Wildman–Crippen LogP) is 4.76. The van der Waals surface area contributed by atoms with Crippen molar-refractivity contribution in [1.82, 2.24) is 10.3 Å². The van der Waals surface area contributed by atoms with Gasteiger partial charge >= 0.3 is 12.1 Å². The van der Waals surface area contributed by atoms with Gasteiger partial charge in [-0.05, 0) is 28.7 Å². The molecule has 154 valence electrons. The quantitative estimate of drug-likeness (QED) is 0.573. The zero-order chi connectivity index (χ0) is 21.1. The van der Waals surface area contributed by atoms with E-state index >= 15 is 0 Å². The van der Waals surface area contributed by atoms with Crippen molar-refractivity contribution in [3.63, 3.8) is 0 Å². The number of rotatable bonds is 7. The van der Waals surface area contributed by atoms with Gasteiger partial charge in [0.2, 0.25) is 0 Å². The largest absolute Gasteiger partial charge is 0.481 e. The van der Waals surface area contributed by atoms with Gasteiger partial charge in [0.1, 0.15) is 11.6 Å². The highest BCUT2D eigenvalue weighted by Crippen LogP contribution is 2.44. The van der Waals surface area contributed by atoms with E-state index in [2.05, 4.69) is 34.6 Å². The molecule has 7 heteroatoms. The first-order valence-electron chi connectivity index (χ1n) is 9.84. The summed E-state index contributed by atoms with van der Waals surface area (Å²) < 4.78 is 5.54. The number of hydrogen-bond donors (Lipinski definition) is 2. The number of aryl methyl sites for hydroxylation is 1. The Morgan fingerprint density at radius 2 is 1.77 bits per heavy atom. The van der Waals surface area contributed by atoms with Crippen LogP contribution < -0.4 is 5.32 Å². The summed E-state index contributed by atoms with van der Waals surface area (Å²) in [6, 6.07) is 15.5. The van der Waals surface area contributed by atoms with Crippen molar-refractivity contribution >= 4 is 23.4 Å². The Kier molecular flexibility index (Phi) is 5.81. The van der Waals surface area contributed by atoms with Crippen LogP contribution >= 0.6 is 11.3 Å². The minimum absolute atomic E-state index is 0.0485. The fourth-order valence-electron chi connectivity index (χ4n) is 3.80. The molecular formula is C23H22N2O4S. The van der Waals surface area contributed by atoms with Crippen LogP contribution in [0.1, 0.15) is 46.3 Å². The summed E-state index contributed by atoms with van der Waals surface area (Å²) in [5, 5.41) is 12.5. The third kappa shape index (κ3) is 4.07. The van der Waals surface area contributed by atoms with Crippen LogP contribution in [0.2, 0.25) is 0 Å². The monoisotopic (exact) mass is 422 g/mol. The molecule has 6 nitrogen and oxygen atoms in total. The van der Waals surface area contributed by atoms with Crippen molar-refractivity contribution < 1.29 is 19.4 Å². The van der Waals surface area contributed by atoms with Gasteiger partial charge in [-0.2, -0.15) is 0 Å². The number of amides is 1. The second kappa shape index (κ2) is 8.67. The maximum absolute atomic E-state index is 12.5. The standard InChI is InChI=1S/C23H22N2O4S/c1-2-14-12-24-22(30-14)20(11-21(26)27)25-23(28)29-13-19-17-9-5-3-7-15(17)16-8-4-6-10-18(16)19/h3-10,12,19-20H,2,11,13H2,1H3,(H,25,28)(H,26,27)/t20-/m0/s1. The van der Waals surface area contributed by atoms with Gasteiger partial charge in [-0.1, -0.05) is 55.5 Å². The summed E-state index contributed by atoms with van der Waals surface area (Å²) in [5.41, 5.74) is 4.56. The second-order valence-corrected chi connectivity index (χ2v) is 8.29. The zero-order valence-corrected chi connectivity index (χ0v) is 17.3. The first-order chi connectivity index (χ1) is 14.6. The molecule has 1 aliphatic rings. The number of hydrogen-bond acceptors (Lipinski definition) is 5. The summed E-state index contributed by atoms with van der Waals surface area (Å²) in [5.74, 6) is -1.06. The number of carboxylic acids is 1. The lowest BCUT2D eigenvalue weighted by Crippen LogP contribution is -2.31. The van der Waals surface area contributed by atoms with E-state index in [-0.39, 0.29) is 18.9 Å². The van der Waals surface area contributed by atoms with E-state index in [4.69, 9.17) is 4.74 Å². The van der Waals surface area contributed by atoms with E-state index in [1.165, 1.54) is 11.3 Å². The molecule has 0 fully saturated rings. The van der Waals surface area contributed by atoms with E-state index < -0.39 is 18.1 Å². The van der Waals surface area contributed by atoms with E-state index in [1.807, 2.05) is 31.2 Å². The minimum atomic E-state index is -1.01. The lowest BCUT2D eigenvalue weighted by molar-refractivity contribution is -0.137. The molecule has 1 atom stereocenters. The van der Waals surface area contributed by atoms with Crippen molar-refractivity contribution in [3.05, 3.63) is 75.7 Å². The van der Waals surface area contributed by atoms with Crippen LogP contribution in [0, 0.1) is 0 Å². The molecule has 0 unspecified atom stereocenters. The van der Waals surface area contributed by atoms with Crippen molar-refractivity contribution in [2.45, 2.75) is 31.7 Å². The molecule has 1 aromatic heterocycles. The number of fused-ring (bicyclic) bond motifs is 3. The zero-order valence-electron chi connectivity index (χ0n) is 16.5. The number of thiazole rings is 1. The highest BCUT2D eigenvalue weighted by molar-refractivity contribution is 7.11. The van der Waals surface area contributed by atoms with Crippen LogP contribution in [0.4, 0.5) is 4.79 Å². The Morgan fingerprint density at radius 3 is 2.33 bits per heavy atom. The normalized spacial score (nSPS) is 13.4. The molecule has 1 aliphatic carbocycles. The van der Waals surface area contributed by atoms with Crippen LogP contribution in [0.3, 0.4) is 0 Å². The number of nitrogens with one attached hydrogen (secondary N) is 1. The van der Waals surface area contributed by atoms with Crippen LogP contribution in [-0.2, 0) is 16.0 Å². The highest BCUT2D eigenvalue weighted by atomic mass is 32.1. The SMILES string of the molecule is CCc1cnc([C@H](CC(=O)O)NC(=O)OCC2c3ccccc3-c3ccccc32)s1. The summed E-state index contributed by atoms with van der Waals surface area (Å²) in [7, 11) is 0. The molecule has 30 heavy (non-hydrogen) atoms. The van der Waals surface area contributed by atoms with Gasteiger partial charge in [0.15, 0.2) is 0 Å². The highest BCUT2D eigenvalue weighted by Gasteiger charge is 2.29. The van der Waals surface area contributed by atoms with Gasteiger partial charge in [0.25, 0.3) is 0 Å². The Balaban J connectivity index is 1.47. The van der Waals surface area contributed by atoms with Crippen molar-refractivity contribution in [2.24, 2.45) is 0 Å². The van der Waals surface area contributed by atoms with E-state index in [0.29, 0.717) is 5.01 Å². The molecule has 1 amide bonds. The molecule has 3 aromatic rings. The summed E-state index contributed by atoms with van der Waals surface area (Å²) in [6.45, 7) is 2.18. The molecule has 2 aromatic carbocycles. The fraction of sp³-hybridized carbons (Fsp3) is 0.261. The van der Waals surface area contributed by atoms with Crippen molar-refractivity contribution in [2.75, 3.05) is 6.61 Å². The van der Waals surface area contributed by atoms with E-state index in [9.17, 15) is 14.7 Å². The topological polar surface area (TPSA) is 88.5 Å². The maximum atomic E-state index is 12.5. The van der Waals surface area contributed by atoms with Crippen LogP contribution in [0.25, 0.3) is 11.1 Å². The average Bonchev–Trinajstić information content (AvgIpc) is 3.35. The molecule has 4 rings (SSSR count). The van der Waals surface area contributed by atoms with Crippen LogP contribution in [0.5, 0.6) is 0 Å². The summed E-state index contributed by atoms with van der Waals surface area (Å²) >= 11 is 1.41. The Bertz CT molecular complexity index is 1030. The lowest BCUT2D eigenvalue weighted by Gasteiger charge is -2.17. The van der Waals surface area contributed by atoms with Gasteiger partial charge in [-0.15, -0.1) is 11.3 Å². The van der Waals surface area contributed by atoms with Crippen molar-refractivity contribution in [3.8, 4) is 11.1 Å². The molecule has 0 radical (unpaired) electrons. The Labute approximate surface area is 178 Å². The number of aromatic nitrogens is 1. The number of carbonyl (C=O) groups excluding carboxylic acids is 1. The summed E-state index contributed by atoms with van der Waals surface area (Å²) in [6.07, 6.45) is 1.63. The predicted molar refractivity (Wildman–Crippen MR) is 115 cm³/mol. The van der Waals surface area contributed by atoms with E-state index in [1.54, 1.807) is 6.20 Å². The Morgan fingerprint density at radius 1 is 1.13 bits per heavy atom. The number of benzene rings is 2. The molecule has 0 saturated heterocycles. The number of nitrogens with zero attached hydrogens (tertiary/aromatic N) is 1. The number of ether oxygens (including phenoxy) is 1. The number of carboxylic acid groups (broad SMARTS) is 1. The van der Waals surface area contributed by atoms with Crippen LogP contribution in [0.15, 0.2) is 54.7 Å². The molecule has 2 N–H and O–H groups in total. The van der Waals surface area contributed by atoms with Gasteiger partial charge in [-0.3, -0.25) is 4.79 Å². The number of alkyl carbamates (subject to hydrolysis) is 1. The smallest absolute Gasteiger partial charge is 0.407 e. The van der Waals surface area contributed by atoms with Crippen molar-refractivity contribution in [1.29, 1.82) is 0 Å². The number of carbonyl (C=O) groups is 2. The second-order valence-electron chi connectivity index (χ2n) is 7.14. The van der Waals surface area contributed by atoms with Gasteiger partial charge in [0, 0.05) is 17.0 Å². The van der Waals surface area contributed by atoms with Gasteiger partial charge in [-0.25, -0.2) is 9.78 Å². The molecule has 0 spiro atoms. The first-order valence-corrected chi connectivity index (χ1v) is 10.7. The maximum Gasteiger partial charge on any atom is 0.407 e. The molecular weight excluding hydrogens is 400 g/mol. The first kappa shape index (κ1) is 20.1. The summed E-state index contributed by atoms with van der Waals surface area (Å²) in [4.78, 5) is 29.1. The van der Waals surface area contributed by atoms with Gasteiger partial charge in [0.05, 0.1) is 12.5 Å². The van der Waals surface area contributed by atoms with Gasteiger partial charge < -0.3 is 15.2 Å². The average molecular weight is 423 g/mol. The minimum Gasteiger partial charge on any atom is -0.481 e. The third-order valence-corrected chi connectivity index (χ3v) is 6.49. The molecule has 0 bridgehead atoms. The molecule has 1 heterocycles. The number of aliphatic carboxylic acids is 1. The Hall–Kier alpha value is -3.19. The molecule has 0 saturated carbocycles. The molecule has 0 aliphatic heterocycles. The fourth-order valence-corrected chi connectivity index (χ4v) is 4.71. The van der Waals surface area contributed by atoms with Crippen LogP contribution in [-0.4, -0.2) is 28.8 Å². The third-order valence-electron chi connectivity index (χ3n) is 5.23. The lowest BCUT2D eigenvalue weighted by atomic mass is 9.98. The van der Waals surface area contributed by atoms with E-state index in [0.717, 1.165) is 33.6 Å².